The topological polar surface area (TPSA) is 83.7 Å². The van der Waals surface area contributed by atoms with Crippen LogP contribution in [-0.2, 0) is 11.0 Å². The largest absolute Gasteiger partial charge is 0.503 e. The number of carbonyl (C=O) groups is 1. The molecule has 1 heterocycles. The van der Waals surface area contributed by atoms with E-state index >= 15 is 0 Å². The molecular weight excluding hydrogens is 461 g/mol. The van der Waals surface area contributed by atoms with Gasteiger partial charge in [-0.2, -0.15) is 13.2 Å². The molecule has 1 N–H and O–H groups in total. The number of nitrogens with zero attached hydrogens (tertiary/aromatic N) is 2. The Balaban J connectivity index is 1.79. The van der Waals surface area contributed by atoms with Crippen LogP contribution in [0.3, 0.4) is 0 Å². The Morgan fingerprint density at radius 3 is 2.40 bits per heavy atom. The third-order valence-corrected chi connectivity index (χ3v) is 5.61. The fourth-order valence-electron chi connectivity index (χ4n) is 4.01. The first-order chi connectivity index (χ1) is 16.7. The third kappa shape index (κ3) is 4.93. The van der Waals surface area contributed by atoms with E-state index in [1.165, 1.54) is 36.4 Å². The molecule has 4 rings (SSSR count). The summed E-state index contributed by atoms with van der Waals surface area (Å²) in [6, 6.07) is 17.9. The van der Waals surface area contributed by atoms with Gasteiger partial charge in [0.25, 0.3) is 11.6 Å². The standard InChI is InChI=1S/C26H19F3N2O4/c27-26(28,29)19-11-6-12-20(16-19)30-23(18-10-5-13-21(15-18)31(34)35)22(24(32)25(30)33)14-4-9-17-7-2-1-3-8-17/h1-13,15-16,23,32H,14H2. The van der Waals surface area contributed by atoms with Gasteiger partial charge in [-0.15, -0.1) is 0 Å². The van der Waals surface area contributed by atoms with Crippen molar-refractivity contribution in [1.82, 2.24) is 0 Å². The molecule has 3 aromatic rings. The van der Waals surface area contributed by atoms with Gasteiger partial charge in [-0.05, 0) is 35.7 Å². The van der Waals surface area contributed by atoms with Gasteiger partial charge in [0.2, 0.25) is 0 Å². The average Bonchev–Trinajstić information content (AvgIpc) is 3.09. The van der Waals surface area contributed by atoms with Gasteiger partial charge in [0.05, 0.1) is 16.5 Å². The number of alkyl halides is 3. The minimum absolute atomic E-state index is 0.0880. The Labute approximate surface area is 198 Å². The number of nitro groups is 1. The third-order valence-electron chi connectivity index (χ3n) is 5.61. The minimum atomic E-state index is -4.64. The number of rotatable bonds is 6. The van der Waals surface area contributed by atoms with E-state index < -0.39 is 34.4 Å². The monoisotopic (exact) mass is 480 g/mol. The number of benzene rings is 3. The van der Waals surface area contributed by atoms with Crippen molar-refractivity contribution in [1.29, 1.82) is 0 Å². The number of nitro benzene ring substituents is 1. The summed E-state index contributed by atoms with van der Waals surface area (Å²) in [5.41, 5.74) is 0.0905. The summed E-state index contributed by atoms with van der Waals surface area (Å²) in [6.45, 7) is 0. The van der Waals surface area contributed by atoms with Crippen molar-refractivity contribution in [2.24, 2.45) is 0 Å². The predicted molar refractivity (Wildman–Crippen MR) is 125 cm³/mol. The molecule has 3 aromatic carbocycles. The maximum absolute atomic E-state index is 13.3. The first kappa shape index (κ1) is 23.7. The highest BCUT2D eigenvalue weighted by molar-refractivity contribution is 6.08. The van der Waals surface area contributed by atoms with Crippen LogP contribution < -0.4 is 4.90 Å². The van der Waals surface area contributed by atoms with Gasteiger partial charge in [-0.3, -0.25) is 19.8 Å². The summed E-state index contributed by atoms with van der Waals surface area (Å²) in [6.07, 6.45) is -1.05. The Morgan fingerprint density at radius 1 is 1.00 bits per heavy atom. The Hall–Kier alpha value is -4.40. The number of hydrogen-bond acceptors (Lipinski definition) is 4. The number of amides is 1. The minimum Gasteiger partial charge on any atom is -0.503 e. The molecule has 1 atom stereocenters. The lowest BCUT2D eigenvalue weighted by Crippen LogP contribution is -2.30. The summed E-state index contributed by atoms with van der Waals surface area (Å²) >= 11 is 0. The van der Waals surface area contributed by atoms with Crippen LogP contribution in [-0.4, -0.2) is 15.9 Å². The van der Waals surface area contributed by atoms with Crippen molar-refractivity contribution in [2.75, 3.05) is 4.90 Å². The van der Waals surface area contributed by atoms with Crippen molar-refractivity contribution in [3.8, 4) is 0 Å². The number of non-ortho nitro benzene ring substituents is 1. The molecule has 1 amide bonds. The molecule has 178 valence electrons. The summed E-state index contributed by atoms with van der Waals surface area (Å²) < 4.78 is 40.0. The zero-order valence-electron chi connectivity index (χ0n) is 18.1. The summed E-state index contributed by atoms with van der Waals surface area (Å²) in [7, 11) is 0. The van der Waals surface area contributed by atoms with E-state index in [1.54, 1.807) is 12.2 Å². The lowest BCUT2D eigenvalue weighted by Gasteiger charge is -2.27. The summed E-state index contributed by atoms with van der Waals surface area (Å²) in [5, 5.41) is 22.1. The van der Waals surface area contributed by atoms with Gasteiger partial charge in [0, 0.05) is 23.4 Å². The van der Waals surface area contributed by atoms with Crippen molar-refractivity contribution in [3.05, 3.63) is 123 Å². The fourth-order valence-corrected chi connectivity index (χ4v) is 4.01. The number of anilines is 1. The quantitative estimate of drug-likeness (QED) is 0.318. The fraction of sp³-hybridized carbons (Fsp3) is 0.115. The molecule has 1 aliphatic rings. The SMILES string of the molecule is O=C1C(O)=C(CC=Cc2ccccc2)C(c2cccc([N+](=O)[O-])c2)N1c1cccc(C(F)(F)F)c1. The lowest BCUT2D eigenvalue weighted by atomic mass is 9.95. The van der Waals surface area contributed by atoms with Crippen LogP contribution in [0.15, 0.2) is 96.3 Å². The van der Waals surface area contributed by atoms with Gasteiger partial charge >= 0.3 is 6.18 Å². The van der Waals surface area contributed by atoms with Crippen LogP contribution in [0.2, 0.25) is 0 Å². The number of aliphatic hydroxyl groups is 1. The van der Waals surface area contributed by atoms with Crippen molar-refractivity contribution < 1.29 is 28.0 Å². The molecule has 0 aliphatic carbocycles. The second-order valence-corrected chi connectivity index (χ2v) is 7.87. The van der Waals surface area contributed by atoms with Crippen LogP contribution in [0.1, 0.15) is 29.2 Å². The first-order valence-electron chi connectivity index (χ1n) is 10.6. The Morgan fingerprint density at radius 2 is 1.71 bits per heavy atom. The van der Waals surface area contributed by atoms with Crippen LogP contribution in [0.5, 0.6) is 0 Å². The van der Waals surface area contributed by atoms with Gasteiger partial charge in [0.15, 0.2) is 5.76 Å². The normalized spacial score (nSPS) is 16.4. The van der Waals surface area contributed by atoms with Crippen LogP contribution >= 0.6 is 0 Å². The average molecular weight is 480 g/mol. The van der Waals surface area contributed by atoms with Crippen LogP contribution in [0.4, 0.5) is 24.5 Å². The smallest absolute Gasteiger partial charge is 0.416 e. The number of carbonyl (C=O) groups excluding carboxylic acids is 1. The Bertz CT molecular complexity index is 1330. The molecule has 35 heavy (non-hydrogen) atoms. The van der Waals surface area contributed by atoms with Gasteiger partial charge in [0.1, 0.15) is 0 Å². The molecule has 9 heteroatoms. The highest BCUT2D eigenvalue weighted by Crippen LogP contribution is 2.44. The van der Waals surface area contributed by atoms with E-state index in [9.17, 15) is 33.2 Å². The van der Waals surface area contributed by atoms with Gasteiger partial charge in [-0.25, -0.2) is 0 Å². The van der Waals surface area contributed by atoms with Gasteiger partial charge < -0.3 is 5.11 Å². The molecule has 0 bridgehead atoms. The number of hydrogen-bond donors (Lipinski definition) is 1. The molecule has 0 fully saturated rings. The second-order valence-electron chi connectivity index (χ2n) is 7.87. The van der Waals surface area contributed by atoms with E-state index in [-0.39, 0.29) is 28.9 Å². The van der Waals surface area contributed by atoms with E-state index in [0.29, 0.717) is 0 Å². The van der Waals surface area contributed by atoms with Crippen LogP contribution in [0, 0.1) is 10.1 Å². The Kier molecular flexibility index (Phi) is 6.42. The lowest BCUT2D eigenvalue weighted by molar-refractivity contribution is -0.384. The molecule has 0 saturated carbocycles. The number of allylic oxidation sites excluding steroid dienone is 1. The maximum Gasteiger partial charge on any atom is 0.416 e. The van der Waals surface area contributed by atoms with E-state index in [2.05, 4.69) is 0 Å². The summed E-state index contributed by atoms with van der Waals surface area (Å²) in [4.78, 5) is 24.9. The maximum atomic E-state index is 13.3. The molecule has 0 spiro atoms. The zero-order chi connectivity index (χ0) is 25.2. The molecule has 6 nitrogen and oxygen atoms in total. The molecule has 1 unspecified atom stereocenters. The number of halogens is 3. The molecule has 0 aromatic heterocycles. The van der Waals surface area contributed by atoms with E-state index in [0.717, 1.165) is 22.6 Å². The molecule has 1 aliphatic heterocycles. The van der Waals surface area contributed by atoms with Crippen molar-refractivity contribution in [2.45, 2.75) is 18.6 Å². The highest BCUT2D eigenvalue weighted by atomic mass is 19.4. The first-order valence-corrected chi connectivity index (χ1v) is 10.6. The van der Waals surface area contributed by atoms with E-state index in [4.69, 9.17) is 0 Å². The van der Waals surface area contributed by atoms with E-state index in [1.807, 2.05) is 30.3 Å². The second kappa shape index (κ2) is 9.46. The predicted octanol–water partition coefficient (Wildman–Crippen LogP) is 6.62. The van der Waals surface area contributed by atoms with Gasteiger partial charge in [-0.1, -0.05) is 60.7 Å². The zero-order valence-corrected chi connectivity index (χ0v) is 18.1. The summed E-state index contributed by atoms with van der Waals surface area (Å²) in [5.74, 6) is -1.49. The molecule has 0 radical (unpaired) electrons. The van der Waals surface area contributed by atoms with Crippen LogP contribution in [0.25, 0.3) is 6.08 Å². The molecule has 0 saturated heterocycles. The highest BCUT2D eigenvalue weighted by Gasteiger charge is 2.42. The van der Waals surface area contributed by atoms with Crippen molar-refractivity contribution >= 4 is 23.4 Å². The molecular formula is C26H19F3N2O4. The van der Waals surface area contributed by atoms with Crippen molar-refractivity contribution in [3.63, 3.8) is 0 Å². The number of aliphatic hydroxyl groups excluding tert-OH is 1.